The highest BCUT2D eigenvalue weighted by atomic mass is 14.9. The Morgan fingerprint density at radius 1 is 0.583 bits per heavy atom. The Morgan fingerprint density at radius 2 is 1.21 bits per heavy atom. The minimum atomic E-state index is 1.27. The van der Waals surface area contributed by atoms with E-state index >= 15 is 0 Å². The third-order valence-electron chi connectivity index (χ3n) is 4.99. The first-order chi connectivity index (χ1) is 11.8. The lowest BCUT2D eigenvalue weighted by molar-refractivity contribution is 1.02. The van der Waals surface area contributed by atoms with Crippen molar-refractivity contribution in [3.63, 3.8) is 0 Å². The number of benzene rings is 4. The molecule has 5 aromatic rings. The van der Waals surface area contributed by atoms with Crippen LogP contribution in [0.25, 0.3) is 43.7 Å². The van der Waals surface area contributed by atoms with Gasteiger partial charge in [0.15, 0.2) is 0 Å². The third kappa shape index (κ3) is 1.75. The van der Waals surface area contributed by atoms with E-state index in [-0.39, 0.29) is 0 Å². The fourth-order valence-corrected chi connectivity index (χ4v) is 3.90. The van der Waals surface area contributed by atoms with Crippen LogP contribution in [0, 0.1) is 0 Å². The van der Waals surface area contributed by atoms with Crippen molar-refractivity contribution < 1.29 is 0 Å². The standard InChI is InChI=1S/C23H17N/c1-24-22-14-8-7-12-18(22)21-15-20(16-9-3-2-4-10-16)17-11-5-6-13-19(17)23(21)24/h2-15H,1H3. The highest BCUT2D eigenvalue weighted by Crippen LogP contribution is 2.38. The average Bonchev–Trinajstić information content (AvgIpc) is 2.95. The normalized spacial score (nSPS) is 11.5. The topological polar surface area (TPSA) is 4.93 Å². The molecule has 0 bridgehead atoms. The van der Waals surface area contributed by atoms with E-state index in [9.17, 15) is 0 Å². The molecule has 1 heterocycles. The fourth-order valence-electron chi connectivity index (χ4n) is 3.90. The summed E-state index contributed by atoms with van der Waals surface area (Å²) >= 11 is 0. The van der Waals surface area contributed by atoms with E-state index in [0.717, 1.165) is 0 Å². The van der Waals surface area contributed by atoms with Crippen LogP contribution in [0.2, 0.25) is 0 Å². The van der Waals surface area contributed by atoms with E-state index in [4.69, 9.17) is 0 Å². The van der Waals surface area contributed by atoms with Crippen molar-refractivity contribution in [2.24, 2.45) is 7.05 Å². The summed E-state index contributed by atoms with van der Waals surface area (Å²) in [5.41, 5.74) is 5.16. The molecule has 24 heavy (non-hydrogen) atoms. The monoisotopic (exact) mass is 307 g/mol. The summed E-state index contributed by atoms with van der Waals surface area (Å²) in [5.74, 6) is 0. The molecule has 1 heteroatoms. The van der Waals surface area contributed by atoms with Crippen LogP contribution in [0.4, 0.5) is 0 Å². The molecule has 0 aliphatic carbocycles. The number of fused-ring (bicyclic) bond motifs is 5. The Balaban J connectivity index is 2.06. The zero-order valence-electron chi connectivity index (χ0n) is 13.5. The van der Waals surface area contributed by atoms with Crippen molar-refractivity contribution in [1.29, 1.82) is 0 Å². The predicted molar refractivity (Wildman–Crippen MR) is 103 cm³/mol. The Labute approximate surface area is 140 Å². The maximum atomic E-state index is 2.36. The van der Waals surface area contributed by atoms with Crippen LogP contribution in [-0.2, 0) is 7.05 Å². The van der Waals surface area contributed by atoms with Gasteiger partial charge in [0.1, 0.15) is 0 Å². The van der Waals surface area contributed by atoms with Gasteiger partial charge >= 0.3 is 0 Å². The van der Waals surface area contributed by atoms with Gasteiger partial charge in [0.25, 0.3) is 0 Å². The van der Waals surface area contributed by atoms with E-state index in [1.165, 1.54) is 43.7 Å². The van der Waals surface area contributed by atoms with Crippen LogP contribution < -0.4 is 0 Å². The van der Waals surface area contributed by atoms with Crippen molar-refractivity contribution in [3.05, 3.63) is 84.9 Å². The van der Waals surface area contributed by atoms with Crippen molar-refractivity contribution in [2.45, 2.75) is 0 Å². The van der Waals surface area contributed by atoms with E-state index in [1.807, 2.05) is 0 Å². The second-order valence-corrected chi connectivity index (χ2v) is 6.31. The van der Waals surface area contributed by atoms with Gasteiger partial charge in [0, 0.05) is 28.7 Å². The van der Waals surface area contributed by atoms with Crippen LogP contribution in [0.1, 0.15) is 0 Å². The minimum absolute atomic E-state index is 1.27. The van der Waals surface area contributed by atoms with Crippen molar-refractivity contribution >= 4 is 32.6 Å². The first-order valence-electron chi connectivity index (χ1n) is 8.29. The molecule has 1 aromatic heterocycles. The second-order valence-electron chi connectivity index (χ2n) is 6.31. The first-order valence-corrected chi connectivity index (χ1v) is 8.29. The Kier molecular flexibility index (Phi) is 2.77. The van der Waals surface area contributed by atoms with E-state index < -0.39 is 0 Å². The molecule has 114 valence electrons. The number of para-hydroxylation sites is 1. The SMILES string of the molecule is Cn1c2ccccc2c2cc(-c3ccccc3)c3ccccc3c21. The van der Waals surface area contributed by atoms with Gasteiger partial charge < -0.3 is 4.57 Å². The third-order valence-corrected chi connectivity index (χ3v) is 4.99. The average molecular weight is 307 g/mol. The molecular weight excluding hydrogens is 290 g/mol. The van der Waals surface area contributed by atoms with E-state index in [1.54, 1.807) is 0 Å². The summed E-state index contributed by atoms with van der Waals surface area (Å²) in [7, 11) is 2.17. The summed E-state index contributed by atoms with van der Waals surface area (Å²) in [6.07, 6.45) is 0. The van der Waals surface area contributed by atoms with Crippen LogP contribution in [0.5, 0.6) is 0 Å². The predicted octanol–water partition coefficient (Wildman–Crippen LogP) is 6.15. The molecule has 5 rings (SSSR count). The molecule has 0 aliphatic rings. The van der Waals surface area contributed by atoms with Gasteiger partial charge in [-0.25, -0.2) is 0 Å². The number of aryl methyl sites for hydroxylation is 1. The highest BCUT2D eigenvalue weighted by Gasteiger charge is 2.14. The Morgan fingerprint density at radius 3 is 2.00 bits per heavy atom. The molecule has 0 N–H and O–H groups in total. The quantitative estimate of drug-likeness (QED) is 0.350. The number of hydrogen-bond donors (Lipinski definition) is 0. The van der Waals surface area contributed by atoms with E-state index in [0.29, 0.717) is 0 Å². The number of nitrogens with zero attached hydrogens (tertiary/aromatic N) is 1. The number of rotatable bonds is 1. The van der Waals surface area contributed by atoms with Gasteiger partial charge in [-0.2, -0.15) is 0 Å². The van der Waals surface area contributed by atoms with Crippen LogP contribution in [0.3, 0.4) is 0 Å². The Hall–Kier alpha value is -3.06. The summed E-state index contributed by atoms with van der Waals surface area (Å²) in [6.45, 7) is 0. The zero-order chi connectivity index (χ0) is 16.1. The molecule has 0 fully saturated rings. The molecule has 0 saturated heterocycles. The summed E-state index contributed by atoms with van der Waals surface area (Å²) in [6, 6.07) is 30.4. The Bertz CT molecular complexity index is 1200. The summed E-state index contributed by atoms with van der Waals surface area (Å²) in [4.78, 5) is 0. The summed E-state index contributed by atoms with van der Waals surface area (Å²) < 4.78 is 2.32. The first kappa shape index (κ1) is 13.4. The molecular formula is C23H17N. The number of hydrogen-bond acceptors (Lipinski definition) is 0. The van der Waals surface area contributed by atoms with Gasteiger partial charge in [-0.1, -0.05) is 72.8 Å². The molecule has 0 atom stereocenters. The maximum Gasteiger partial charge on any atom is 0.0568 e. The molecule has 0 radical (unpaired) electrons. The van der Waals surface area contributed by atoms with Crippen LogP contribution in [0.15, 0.2) is 84.9 Å². The van der Waals surface area contributed by atoms with Gasteiger partial charge in [0.2, 0.25) is 0 Å². The number of aromatic nitrogens is 1. The molecule has 0 aliphatic heterocycles. The minimum Gasteiger partial charge on any atom is -0.343 e. The molecule has 0 unspecified atom stereocenters. The molecule has 1 nitrogen and oxygen atoms in total. The van der Waals surface area contributed by atoms with Crippen LogP contribution >= 0.6 is 0 Å². The van der Waals surface area contributed by atoms with E-state index in [2.05, 4.69) is 96.5 Å². The van der Waals surface area contributed by atoms with Gasteiger partial charge in [-0.3, -0.25) is 0 Å². The van der Waals surface area contributed by atoms with Gasteiger partial charge in [0.05, 0.1) is 5.52 Å². The smallest absolute Gasteiger partial charge is 0.0568 e. The second kappa shape index (κ2) is 4.97. The largest absolute Gasteiger partial charge is 0.343 e. The summed E-state index contributed by atoms with van der Waals surface area (Å²) in [5, 5.41) is 5.26. The molecule has 0 amide bonds. The van der Waals surface area contributed by atoms with Crippen molar-refractivity contribution in [1.82, 2.24) is 4.57 Å². The molecule has 0 spiro atoms. The van der Waals surface area contributed by atoms with Crippen molar-refractivity contribution in [3.8, 4) is 11.1 Å². The lowest BCUT2D eigenvalue weighted by atomic mass is 9.95. The molecule has 0 saturated carbocycles. The van der Waals surface area contributed by atoms with Gasteiger partial charge in [-0.15, -0.1) is 0 Å². The van der Waals surface area contributed by atoms with Crippen molar-refractivity contribution in [2.75, 3.05) is 0 Å². The fraction of sp³-hybridized carbons (Fsp3) is 0.0435. The zero-order valence-corrected chi connectivity index (χ0v) is 13.5. The highest BCUT2D eigenvalue weighted by molar-refractivity contribution is 6.21. The van der Waals surface area contributed by atoms with Gasteiger partial charge in [-0.05, 0) is 28.6 Å². The molecule has 4 aromatic carbocycles. The maximum absolute atomic E-state index is 2.36. The lowest BCUT2D eigenvalue weighted by Gasteiger charge is -2.10. The van der Waals surface area contributed by atoms with Crippen LogP contribution in [-0.4, -0.2) is 4.57 Å². The lowest BCUT2D eigenvalue weighted by Crippen LogP contribution is -1.89.